The van der Waals surface area contributed by atoms with E-state index in [2.05, 4.69) is 37.0 Å². The van der Waals surface area contributed by atoms with Crippen molar-refractivity contribution < 1.29 is 13.2 Å². The van der Waals surface area contributed by atoms with Gasteiger partial charge in [-0.25, -0.2) is 4.68 Å². The Bertz CT molecular complexity index is 815. The summed E-state index contributed by atoms with van der Waals surface area (Å²) in [6, 6.07) is 3.40. The van der Waals surface area contributed by atoms with Crippen molar-refractivity contribution in [3.05, 3.63) is 50.2 Å². The first kappa shape index (κ1) is 18.3. The fourth-order valence-electron chi connectivity index (χ4n) is 1.75. The van der Waals surface area contributed by atoms with Crippen molar-refractivity contribution in [2.75, 3.05) is 0 Å². The van der Waals surface area contributed by atoms with Crippen LogP contribution in [-0.2, 0) is 6.18 Å². The highest BCUT2D eigenvalue weighted by Gasteiger charge is 2.32. The summed E-state index contributed by atoms with van der Waals surface area (Å²) in [4.78, 5) is 1.52. The van der Waals surface area contributed by atoms with Crippen LogP contribution in [0.1, 0.15) is 16.8 Å². The molecule has 0 aliphatic carbocycles. The maximum absolute atomic E-state index is 12.8. The van der Waals surface area contributed by atoms with Crippen LogP contribution in [0.25, 0.3) is 10.2 Å². The van der Waals surface area contributed by atoms with E-state index in [4.69, 9.17) is 28.5 Å². The molecule has 0 unspecified atom stereocenters. The second kappa shape index (κ2) is 6.85. The minimum Gasteiger partial charge on any atom is -0.236 e. The Morgan fingerprint density at radius 2 is 1.87 bits per heavy atom. The molecule has 0 N–H and O–H groups in total. The van der Waals surface area contributed by atoms with E-state index in [0.717, 1.165) is 16.8 Å². The lowest BCUT2D eigenvalue weighted by Crippen LogP contribution is -2.07. The number of aromatic nitrogens is 2. The lowest BCUT2D eigenvalue weighted by Gasteiger charge is -2.12. The van der Waals surface area contributed by atoms with Gasteiger partial charge in [0, 0.05) is 16.2 Å². The number of halogens is 7. The van der Waals surface area contributed by atoms with Crippen molar-refractivity contribution in [1.82, 2.24) is 9.78 Å². The van der Waals surface area contributed by atoms with Gasteiger partial charge in [-0.1, -0.05) is 39.1 Å². The molecule has 0 atom stereocenters. The van der Waals surface area contributed by atoms with Gasteiger partial charge in [0.15, 0.2) is 5.69 Å². The molecule has 120 valence electrons. The third-order valence-electron chi connectivity index (χ3n) is 2.75. The maximum atomic E-state index is 12.8. The van der Waals surface area contributed by atoms with Crippen molar-refractivity contribution in [3.63, 3.8) is 0 Å². The molecule has 0 saturated heterocycles. The van der Waals surface area contributed by atoms with Crippen molar-refractivity contribution in [2.24, 2.45) is 0 Å². The monoisotopic (exact) mass is 487 g/mol. The van der Waals surface area contributed by atoms with Crippen LogP contribution in [0.5, 0.6) is 0 Å². The number of hydrogen-bond acceptors (Lipinski definition) is 2. The highest BCUT2D eigenvalue weighted by Crippen LogP contribution is 2.38. The average molecular weight is 490 g/mol. The molecule has 0 aliphatic heterocycles. The number of benzene rings is 1. The zero-order chi connectivity index (χ0) is 17.4. The highest BCUT2D eigenvalue weighted by molar-refractivity contribution is 9.16. The molecule has 0 spiro atoms. The molecule has 1 heterocycles. The Morgan fingerprint density at radius 1 is 1.30 bits per heavy atom. The molecular weight excluding hydrogens is 486 g/mol. The number of hydrogen-bond donors (Lipinski definition) is 0. The van der Waals surface area contributed by atoms with Crippen molar-refractivity contribution in [2.45, 2.75) is 6.18 Å². The SMILES string of the molecule is N#Cc1nn(-c2c(Cl)cc(C(F)(F)F)cc2Cl)cc1C(Br)=CBr. The van der Waals surface area contributed by atoms with Crippen molar-refractivity contribution in [1.29, 1.82) is 5.26 Å². The molecule has 0 bridgehead atoms. The summed E-state index contributed by atoms with van der Waals surface area (Å²) in [7, 11) is 0. The molecule has 0 radical (unpaired) electrons. The molecule has 23 heavy (non-hydrogen) atoms. The first-order chi connectivity index (χ1) is 10.7. The van der Waals surface area contributed by atoms with Crippen molar-refractivity contribution in [3.8, 4) is 11.8 Å². The van der Waals surface area contributed by atoms with E-state index >= 15 is 0 Å². The third-order valence-corrected chi connectivity index (χ3v) is 5.05. The van der Waals surface area contributed by atoms with Crippen LogP contribution in [0.15, 0.2) is 23.3 Å². The minimum atomic E-state index is -4.57. The van der Waals surface area contributed by atoms with E-state index in [1.54, 1.807) is 0 Å². The molecule has 2 rings (SSSR count). The molecule has 0 aliphatic rings. The fourth-order valence-corrected chi connectivity index (χ4v) is 2.95. The van der Waals surface area contributed by atoms with E-state index in [-0.39, 0.29) is 21.4 Å². The van der Waals surface area contributed by atoms with Gasteiger partial charge in [-0.3, -0.25) is 0 Å². The molecule has 1 aromatic heterocycles. The first-order valence-electron chi connectivity index (χ1n) is 5.71. The van der Waals surface area contributed by atoms with Crippen LogP contribution in [0.2, 0.25) is 10.0 Å². The summed E-state index contributed by atoms with van der Waals surface area (Å²) < 4.78 is 40.0. The second-order valence-electron chi connectivity index (χ2n) is 4.19. The van der Waals surface area contributed by atoms with E-state index in [9.17, 15) is 13.2 Å². The molecule has 0 fully saturated rings. The predicted octanol–water partition coefficient (Wildman–Crippen LogP) is 6.16. The summed E-state index contributed by atoms with van der Waals surface area (Å²) in [5, 5.41) is 12.6. The van der Waals surface area contributed by atoms with Gasteiger partial charge in [-0.15, -0.1) is 0 Å². The van der Waals surface area contributed by atoms with Crippen LogP contribution in [0.3, 0.4) is 0 Å². The van der Waals surface area contributed by atoms with Gasteiger partial charge in [0.1, 0.15) is 11.8 Å². The van der Waals surface area contributed by atoms with Crippen LogP contribution in [0, 0.1) is 11.3 Å². The summed E-state index contributed by atoms with van der Waals surface area (Å²) in [6.07, 6.45) is -3.14. The second-order valence-corrected chi connectivity index (χ2v) is 6.32. The third kappa shape index (κ3) is 3.74. The predicted molar refractivity (Wildman–Crippen MR) is 89.1 cm³/mol. The molecule has 10 heteroatoms. The van der Waals surface area contributed by atoms with E-state index in [0.29, 0.717) is 10.0 Å². The largest absolute Gasteiger partial charge is 0.416 e. The number of rotatable bonds is 2. The summed E-state index contributed by atoms with van der Waals surface area (Å²) in [5.74, 6) is 0. The minimum absolute atomic E-state index is 0.0546. The maximum Gasteiger partial charge on any atom is 0.416 e. The summed E-state index contributed by atoms with van der Waals surface area (Å²) in [6.45, 7) is 0. The van der Waals surface area contributed by atoms with Crippen LogP contribution in [0.4, 0.5) is 13.2 Å². The lowest BCUT2D eigenvalue weighted by molar-refractivity contribution is -0.137. The zero-order valence-corrected chi connectivity index (χ0v) is 15.5. The molecular formula is C13H4Br2Cl2F3N3. The Morgan fingerprint density at radius 3 is 2.30 bits per heavy atom. The Balaban J connectivity index is 2.65. The van der Waals surface area contributed by atoms with Gasteiger partial charge in [-0.05, 0) is 33.0 Å². The number of nitriles is 1. The van der Waals surface area contributed by atoms with Gasteiger partial charge >= 0.3 is 6.18 Å². The van der Waals surface area contributed by atoms with E-state index < -0.39 is 11.7 Å². The van der Waals surface area contributed by atoms with Gasteiger partial charge in [0.2, 0.25) is 0 Å². The highest BCUT2D eigenvalue weighted by atomic mass is 79.9. The quantitative estimate of drug-likeness (QED) is 0.507. The average Bonchev–Trinajstić information content (AvgIpc) is 2.88. The smallest absolute Gasteiger partial charge is 0.236 e. The van der Waals surface area contributed by atoms with Gasteiger partial charge in [0.25, 0.3) is 0 Å². The van der Waals surface area contributed by atoms with Crippen molar-refractivity contribution >= 4 is 59.5 Å². The Kier molecular flexibility index (Phi) is 5.46. The van der Waals surface area contributed by atoms with Gasteiger partial charge < -0.3 is 0 Å². The van der Waals surface area contributed by atoms with E-state index in [1.807, 2.05) is 6.07 Å². The Labute approximate surface area is 155 Å². The van der Waals surface area contributed by atoms with Crippen LogP contribution < -0.4 is 0 Å². The molecule has 1 aromatic carbocycles. The zero-order valence-electron chi connectivity index (χ0n) is 10.8. The molecule has 2 aromatic rings. The van der Waals surface area contributed by atoms with Gasteiger partial charge in [-0.2, -0.15) is 23.5 Å². The first-order valence-corrected chi connectivity index (χ1v) is 8.18. The Hall–Kier alpha value is -1.01. The van der Waals surface area contributed by atoms with Crippen LogP contribution in [-0.4, -0.2) is 9.78 Å². The number of alkyl halides is 3. The number of nitrogens with zero attached hydrogens (tertiary/aromatic N) is 3. The van der Waals surface area contributed by atoms with Gasteiger partial charge in [0.05, 0.1) is 15.6 Å². The van der Waals surface area contributed by atoms with Crippen LogP contribution >= 0.6 is 55.1 Å². The summed E-state index contributed by atoms with van der Waals surface area (Å²) in [5.41, 5.74) is -0.430. The molecule has 0 saturated carbocycles. The topological polar surface area (TPSA) is 41.6 Å². The lowest BCUT2D eigenvalue weighted by atomic mass is 10.2. The summed E-state index contributed by atoms with van der Waals surface area (Å²) >= 11 is 18.2. The molecule has 0 amide bonds. The normalized spacial score (nSPS) is 12.3. The molecule has 3 nitrogen and oxygen atoms in total. The van der Waals surface area contributed by atoms with E-state index in [1.165, 1.54) is 11.2 Å². The standard InChI is InChI=1S/C13H4Br2Cl2F3N3/c14-3-8(15)7-5-23(22-11(7)4-21)12-9(16)1-6(2-10(12)17)13(18,19)20/h1-3,5H. The fraction of sp³-hybridized carbons (Fsp3) is 0.0769.